The zero-order valence-corrected chi connectivity index (χ0v) is 16.2. The Balaban J connectivity index is 2.13. The number of carbonyl (C=O) groups excluding carboxylic acids is 1. The Labute approximate surface area is 154 Å². The first-order chi connectivity index (χ1) is 12.1. The second kappa shape index (κ2) is 6.40. The first kappa shape index (κ1) is 18.4. The highest BCUT2D eigenvalue weighted by Gasteiger charge is 2.42. The maximum absolute atomic E-state index is 12.9. The van der Waals surface area contributed by atoms with Crippen LogP contribution in [0.5, 0.6) is 0 Å². The lowest BCUT2D eigenvalue weighted by Crippen LogP contribution is -2.29. The molecule has 2 aromatic carbocycles. The molecule has 1 aliphatic heterocycles. The number of Topliss-reactive ketones (excluding diaryl/α,β-unsaturated/α-hetero) is 1. The maximum Gasteiger partial charge on any atom is 0.210 e. The number of aryl methyl sites for hydroxylation is 1. The monoisotopic (exact) mass is 370 g/mol. The Kier molecular flexibility index (Phi) is 4.53. The molecule has 1 aliphatic rings. The number of hydrogen-bond donors (Lipinski definition) is 0. The second-order valence-corrected chi connectivity index (χ2v) is 9.01. The van der Waals surface area contributed by atoms with Crippen molar-refractivity contribution >= 4 is 27.0 Å². The smallest absolute Gasteiger partial charge is 0.210 e. The van der Waals surface area contributed by atoms with E-state index in [0.717, 1.165) is 12.0 Å². The van der Waals surface area contributed by atoms with E-state index in [1.54, 1.807) is 26.0 Å². The van der Waals surface area contributed by atoms with Gasteiger partial charge in [-0.05, 0) is 55.7 Å². The molecule has 0 fully saturated rings. The zero-order valence-electron chi connectivity index (χ0n) is 15.4. The Bertz CT molecular complexity index is 979. The summed E-state index contributed by atoms with van der Waals surface area (Å²) in [6.07, 6.45) is 2.09. The molecule has 0 saturated carbocycles. The summed E-state index contributed by atoms with van der Waals surface area (Å²) in [6, 6.07) is 14.3. The molecule has 0 aliphatic carbocycles. The van der Waals surface area contributed by atoms with Gasteiger partial charge in [0.15, 0.2) is 15.4 Å². The van der Waals surface area contributed by atoms with Gasteiger partial charge in [0.25, 0.3) is 0 Å². The molecule has 3 rings (SSSR count). The molecule has 0 bridgehead atoms. The fraction of sp³-hybridized carbons (Fsp3) is 0.286. The average Bonchev–Trinajstić information content (AvgIpc) is 2.84. The van der Waals surface area contributed by atoms with Gasteiger partial charge < -0.3 is 4.74 Å². The quantitative estimate of drug-likeness (QED) is 0.819. The van der Waals surface area contributed by atoms with Gasteiger partial charge in [0, 0.05) is 11.8 Å². The average molecular weight is 370 g/mol. The summed E-state index contributed by atoms with van der Waals surface area (Å²) >= 11 is 0. The number of hydrogen-bond acceptors (Lipinski definition) is 4. The summed E-state index contributed by atoms with van der Waals surface area (Å²) < 4.78 is 29.3. The largest absolute Gasteiger partial charge is 0.478 e. The Morgan fingerprint density at radius 1 is 0.923 bits per heavy atom. The van der Waals surface area contributed by atoms with Crippen LogP contribution in [0.4, 0.5) is 0 Å². The summed E-state index contributed by atoms with van der Waals surface area (Å²) in [7, 11) is -3.27. The van der Waals surface area contributed by atoms with Crippen LogP contribution in [0, 0.1) is 0 Å². The maximum atomic E-state index is 12.9. The molecule has 1 heterocycles. The molecule has 136 valence electrons. The number of rotatable bonds is 4. The molecule has 0 aromatic heterocycles. The van der Waals surface area contributed by atoms with E-state index in [0.29, 0.717) is 16.9 Å². The Morgan fingerprint density at radius 3 is 1.96 bits per heavy atom. The van der Waals surface area contributed by atoms with Crippen LogP contribution in [-0.4, -0.2) is 26.1 Å². The van der Waals surface area contributed by atoms with Crippen LogP contribution in [0.15, 0.2) is 53.4 Å². The SMILES string of the molecule is CCc1ccc(C2=C(c3ccc(S(C)(=O)=O)cc3)OC(C)(C)C2=O)cc1. The van der Waals surface area contributed by atoms with E-state index < -0.39 is 15.4 Å². The Morgan fingerprint density at radius 2 is 1.46 bits per heavy atom. The van der Waals surface area contributed by atoms with Crippen LogP contribution >= 0.6 is 0 Å². The first-order valence-corrected chi connectivity index (χ1v) is 10.4. The molecule has 0 radical (unpaired) electrons. The van der Waals surface area contributed by atoms with Gasteiger partial charge in [-0.15, -0.1) is 0 Å². The summed E-state index contributed by atoms with van der Waals surface area (Å²) in [5.41, 5.74) is 2.26. The van der Waals surface area contributed by atoms with Gasteiger partial charge in [-0.2, -0.15) is 0 Å². The molecule has 5 heteroatoms. The van der Waals surface area contributed by atoms with Crippen molar-refractivity contribution in [3.05, 3.63) is 65.2 Å². The summed E-state index contributed by atoms with van der Waals surface area (Å²) in [6.45, 7) is 5.57. The van der Waals surface area contributed by atoms with Gasteiger partial charge in [-0.3, -0.25) is 4.79 Å². The number of ketones is 1. The standard InChI is InChI=1S/C21H22O4S/c1-5-14-6-8-15(9-7-14)18-19(25-21(2,3)20(18)22)16-10-12-17(13-11-16)26(4,23)24/h6-13H,5H2,1-4H3. The first-order valence-electron chi connectivity index (χ1n) is 8.51. The fourth-order valence-electron chi connectivity index (χ4n) is 2.98. The van der Waals surface area contributed by atoms with E-state index in [1.165, 1.54) is 24.0 Å². The van der Waals surface area contributed by atoms with Gasteiger partial charge in [-0.1, -0.05) is 31.2 Å². The minimum absolute atomic E-state index is 0.0797. The van der Waals surface area contributed by atoms with Crippen LogP contribution in [0.2, 0.25) is 0 Å². The molecule has 4 nitrogen and oxygen atoms in total. The predicted octanol–water partition coefficient (Wildman–Crippen LogP) is 3.90. The Hall–Kier alpha value is -2.40. The van der Waals surface area contributed by atoms with Crippen LogP contribution < -0.4 is 0 Å². The van der Waals surface area contributed by atoms with E-state index in [9.17, 15) is 13.2 Å². The molecule has 0 spiro atoms. The molecule has 2 aromatic rings. The normalized spacial score (nSPS) is 16.7. The third-order valence-corrected chi connectivity index (χ3v) is 5.68. The lowest BCUT2D eigenvalue weighted by atomic mass is 9.92. The van der Waals surface area contributed by atoms with E-state index in [-0.39, 0.29) is 10.7 Å². The van der Waals surface area contributed by atoms with E-state index >= 15 is 0 Å². The molecule has 0 unspecified atom stereocenters. The summed E-state index contributed by atoms with van der Waals surface area (Å²) in [4.78, 5) is 13.1. The second-order valence-electron chi connectivity index (χ2n) is 6.99. The van der Waals surface area contributed by atoms with Crippen LogP contribution in [0.3, 0.4) is 0 Å². The van der Waals surface area contributed by atoms with Crippen molar-refractivity contribution in [2.45, 2.75) is 37.7 Å². The van der Waals surface area contributed by atoms with Gasteiger partial charge in [0.2, 0.25) is 5.78 Å². The van der Waals surface area contributed by atoms with E-state index in [4.69, 9.17) is 4.74 Å². The lowest BCUT2D eigenvalue weighted by Gasteiger charge is -2.17. The minimum atomic E-state index is -3.27. The van der Waals surface area contributed by atoms with Gasteiger partial charge in [-0.25, -0.2) is 8.42 Å². The van der Waals surface area contributed by atoms with E-state index in [2.05, 4.69) is 6.92 Å². The van der Waals surface area contributed by atoms with Crippen molar-refractivity contribution in [1.29, 1.82) is 0 Å². The highest BCUT2D eigenvalue weighted by Crippen LogP contribution is 2.41. The van der Waals surface area contributed by atoms with Crippen LogP contribution in [-0.2, 0) is 25.8 Å². The van der Waals surface area contributed by atoms with Crippen LogP contribution in [0.25, 0.3) is 11.3 Å². The minimum Gasteiger partial charge on any atom is -0.478 e. The third-order valence-electron chi connectivity index (χ3n) is 4.55. The van der Waals surface area contributed by atoms with Crippen molar-refractivity contribution in [2.75, 3.05) is 6.26 Å². The topological polar surface area (TPSA) is 60.4 Å². The molecule has 0 atom stereocenters. The summed E-state index contributed by atoms with van der Waals surface area (Å²) in [5.74, 6) is 0.410. The van der Waals surface area contributed by atoms with Gasteiger partial charge in [0.05, 0.1) is 10.5 Å². The van der Waals surface area contributed by atoms with Crippen molar-refractivity contribution in [3.63, 3.8) is 0 Å². The van der Waals surface area contributed by atoms with Crippen molar-refractivity contribution in [3.8, 4) is 0 Å². The number of carbonyl (C=O) groups is 1. The van der Waals surface area contributed by atoms with Crippen LogP contribution in [0.1, 0.15) is 37.5 Å². The van der Waals surface area contributed by atoms with E-state index in [1.807, 2.05) is 24.3 Å². The molecule has 0 N–H and O–H groups in total. The third kappa shape index (κ3) is 3.31. The zero-order chi connectivity index (χ0) is 19.1. The van der Waals surface area contributed by atoms with Crippen molar-refractivity contribution < 1.29 is 17.9 Å². The van der Waals surface area contributed by atoms with Gasteiger partial charge in [0.1, 0.15) is 5.76 Å². The predicted molar refractivity (Wildman–Crippen MR) is 102 cm³/mol. The van der Waals surface area contributed by atoms with Crippen molar-refractivity contribution in [2.24, 2.45) is 0 Å². The van der Waals surface area contributed by atoms with Crippen molar-refractivity contribution in [1.82, 2.24) is 0 Å². The highest BCUT2D eigenvalue weighted by molar-refractivity contribution is 7.90. The molecular formula is C21H22O4S. The highest BCUT2D eigenvalue weighted by atomic mass is 32.2. The molecular weight excluding hydrogens is 348 g/mol. The summed E-state index contributed by atoms with van der Waals surface area (Å²) in [5, 5.41) is 0. The van der Waals surface area contributed by atoms with Gasteiger partial charge >= 0.3 is 0 Å². The number of ether oxygens (including phenoxy) is 1. The molecule has 0 amide bonds. The fourth-order valence-corrected chi connectivity index (χ4v) is 3.61. The number of sulfone groups is 1. The lowest BCUT2D eigenvalue weighted by molar-refractivity contribution is -0.125. The number of benzene rings is 2. The molecule has 26 heavy (non-hydrogen) atoms. The molecule has 0 saturated heterocycles.